The Balaban J connectivity index is 2.18. The van der Waals surface area contributed by atoms with Crippen molar-refractivity contribution in [2.75, 3.05) is 0 Å². The maximum Gasteiger partial charge on any atom is 0.221 e. The number of rotatable bonds is 6. The lowest BCUT2D eigenvalue weighted by Gasteiger charge is -2.12. The molecule has 0 saturated carbocycles. The fourth-order valence-electron chi connectivity index (χ4n) is 2.35. The van der Waals surface area contributed by atoms with Gasteiger partial charge in [0.25, 0.3) is 0 Å². The molecule has 0 aliphatic carbocycles. The van der Waals surface area contributed by atoms with E-state index < -0.39 is 17.7 Å². The van der Waals surface area contributed by atoms with Crippen LogP contribution in [-0.4, -0.2) is 11.8 Å². The number of benzene rings is 2. The number of carbonyl (C=O) groups is 2. The van der Waals surface area contributed by atoms with E-state index in [2.05, 4.69) is 0 Å². The van der Waals surface area contributed by atoms with Crippen LogP contribution in [0.2, 0.25) is 10.0 Å². The lowest BCUT2D eigenvalue weighted by Crippen LogP contribution is -2.29. The second-order valence-electron chi connectivity index (χ2n) is 5.33. The minimum atomic E-state index is -0.598. The second-order valence-corrected chi connectivity index (χ2v) is 6.20. The maximum atomic E-state index is 11.4. The number of primary amides is 2. The molecule has 4 N–H and O–H groups in total. The summed E-state index contributed by atoms with van der Waals surface area (Å²) in [5.41, 5.74) is 13.2. The standard InChI is InChI=1S/C17H16Cl2N2O2/c18-14-6-12(7-15(19)9-14)11-3-1-10(2-4-11)5-13(17(21)23)8-16(20)22/h1-4,6-7,9,13H,5,8H2,(H2,20,22)(H2,21,23). The van der Waals surface area contributed by atoms with Crippen LogP contribution in [-0.2, 0) is 16.0 Å². The van der Waals surface area contributed by atoms with E-state index in [-0.39, 0.29) is 6.42 Å². The molecule has 120 valence electrons. The second kappa shape index (κ2) is 7.49. The minimum absolute atomic E-state index is 0.0546. The molecule has 1 atom stereocenters. The van der Waals surface area contributed by atoms with Crippen molar-refractivity contribution in [3.63, 3.8) is 0 Å². The summed E-state index contributed by atoms with van der Waals surface area (Å²) < 4.78 is 0. The monoisotopic (exact) mass is 350 g/mol. The van der Waals surface area contributed by atoms with E-state index in [0.717, 1.165) is 16.7 Å². The molecule has 6 heteroatoms. The Labute approximate surface area is 144 Å². The van der Waals surface area contributed by atoms with Gasteiger partial charge in [0.1, 0.15) is 0 Å². The molecule has 0 aliphatic rings. The number of carbonyl (C=O) groups excluding carboxylic acids is 2. The van der Waals surface area contributed by atoms with E-state index in [4.69, 9.17) is 34.7 Å². The summed E-state index contributed by atoms with van der Waals surface area (Å²) in [4.78, 5) is 22.4. The number of halogens is 2. The Morgan fingerprint density at radius 2 is 1.48 bits per heavy atom. The van der Waals surface area contributed by atoms with E-state index in [0.29, 0.717) is 16.5 Å². The Kier molecular flexibility index (Phi) is 5.64. The van der Waals surface area contributed by atoms with Gasteiger partial charge in [-0.2, -0.15) is 0 Å². The van der Waals surface area contributed by atoms with Gasteiger partial charge in [-0.3, -0.25) is 9.59 Å². The zero-order chi connectivity index (χ0) is 17.0. The van der Waals surface area contributed by atoms with Gasteiger partial charge < -0.3 is 11.5 Å². The topological polar surface area (TPSA) is 86.2 Å². The van der Waals surface area contributed by atoms with Crippen LogP contribution in [0.4, 0.5) is 0 Å². The lowest BCUT2D eigenvalue weighted by atomic mass is 9.94. The van der Waals surface area contributed by atoms with Crippen molar-refractivity contribution in [2.45, 2.75) is 12.8 Å². The number of nitrogens with two attached hydrogens (primary N) is 2. The highest BCUT2D eigenvalue weighted by molar-refractivity contribution is 6.35. The maximum absolute atomic E-state index is 11.4. The average molecular weight is 351 g/mol. The SMILES string of the molecule is NC(=O)CC(Cc1ccc(-c2cc(Cl)cc(Cl)c2)cc1)C(N)=O. The molecule has 0 spiro atoms. The summed E-state index contributed by atoms with van der Waals surface area (Å²) in [6.07, 6.45) is 0.315. The summed E-state index contributed by atoms with van der Waals surface area (Å²) in [5, 5.41) is 1.12. The van der Waals surface area contributed by atoms with E-state index in [1.165, 1.54) is 0 Å². The van der Waals surface area contributed by atoms with Crippen LogP contribution in [0, 0.1) is 5.92 Å². The Morgan fingerprint density at radius 3 is 1.96 bits per heavy atom. The first-order chi connectivity index (χ1) is 10.8. The first kappa shape index (κ1) is 17.3. The molecule has 0 saturated heterocycles. The fourth-order valence-corrected chi connectivity index (χ4v) is 2.88. The van der Waals surface area contributed by atoms with E-state index in [1.54, 1.807) is 6.07 Å². The largest absolute Gasteiger partial charge is 0.370 e. The smallest absolute Gasteiger partial charge is 0.221 e. The normalized spacial score (nSPS) is 11.9. The molecular weight excluding hydrogens is 335 g/mol. The molecule has 0 aromatic heterocycles. The van der Waals surface area contributed by atoms with Crippen LogP contribution in [0.1, 0.15) is 12.0 Å². The molecule has 1 unspecified atom stereocenters. The van der Waals surface area contributed by atoms with Crippen LogP contribution < -0.4 is 11.5 Å². The fraction of sp³-hybridized carbons (Fsp3) is 0.176. The molecule has 2 rings (SSSR count). The zero-order valence-corrected chi connectivity index (χ0v) is 13.8. The molecule has 0 bridgehead atoms. The third kappa shape index (κ3) is 4.98. The molecule has 2 aromatic rings. The number of hydrogen-bond acceptors (Lipinski definition) is 2. The first-order valence-corrected chi connectivity index (χ1v) is 7.74. The van der Waals surface area contributed by atoms with E-state index in [1.807, 2.05) is 36.4 Å². The lowest BCUT2D eigenvalue weighted by molar-refractivity contribution is -0.126. The Morgan fingerprint density at radius 1 is 0.913 bits per heavy atom. The minimum Gasteiger partial charge on any atom is -0.370 e. The molecule has 0 heterocycles. The quantitative estimate of drug-likeness (QED) is 0.837. The molecule has 0 radical (unpaired) electrons. The average Bonchev–Trinajstić information content (AvgIpc) is 2.45. The summed E-state index contributed by atoms with van der Waals surface area (Å²) in [6.45, 7) is 0. The summed E-state index contributed by atoms with van der Waals surface area (Å²) in [5.74, 6) is -1.67. The number of amides is 2. The van der Waals surface area contributed by atoms with Crippen molar-refractivity contribution in [1.82, 2.24) is 0 Å². The van der Waals surface area contributed by atoms with Gasteiger partial charge in [0.2, 0.25) is 11.8 Å². The van der Waals surface area contributed by atoms with Crippen molar-refractivity contribution in [2.24, 2.45) is 17.4 Å². The Hall–Kier alpha value is -2.04. The van der Waals surface area contributed by atoms with Gasteiger partial charge in [-0.1, -0.05) is 47.5 Å². The van der Waals surface area contributed by atoms with Crippen molar-refractivity contribution in [3.8, 4) is 11.1 Å². The van der Waals surface area contributed by atoms with Crippen LogP contribution >= 0.6 is 23.2 Å². The molecular formula is C17H16Cl2N2O2. The van der Waals surface area contributed by atoms with Crippen LogP contribution in [0.5, 0.6) is 0 Å². The third-order valence-corrected chi connectivity index (χ3v) is 3.92. The predicted molar refractivity (Wildman–Crippen MR) is 92.1 cm³/mol. The molecule has 23 heavy (non-hydrogen) atoms. The molecule has 0 aliphatic heterocycles. The molecule has 0 fully saturated rings. The zero-order valence-electron chi connectivity index (χ0n) is 12.3. The van der Waals surface area contributed by atoms with Crippen molar-refractivity contribution >= 4 is 35.0 Å². The van der Waals surface area contributed by atoms with Gasteiger partial charge >= 0.3 is 0 Å². The third-order valence-electron chi connectivity index (χ3n) is 3.48. The van der Waals surface area contributed by atoms with Gasteiger partial charge in [0, 0.05) is 16.5 Å². The molecule has 2 aromatic carbocycles. The highest BCUT2D eigenvalue weighted by atomic mass is 35.5. The van der Waals surface area contributed by atoms with Gasteiger partial charge in [-0.15, -0.1) is 0 Å². The van der Waals surface area contributed by atoms with Gasteiger partial charge in [0.05, 0.1) is 5.92 Å². The van der Waals surface area contributed by atoms with Crippen molar-refractivity contribution in [1.29, 1.82) is 0 Å². The van der Waals surface area contributed by atoms with Crippen LogP contribution in [0.3, 0.4) is 0 Å². The highest BCUT2D eigenvalue weighted by Crippen LogP contribution is 2.27. The molecule has 4 nitrogen and oxygen atoms in total. The van der Waals surface area contributed by atoms with Gasteiger partial charge in [-0.25, -0.2) is 0 Å². The first-order valence-electron chi connectivity index (χ1n) is 6.98. The van der Waals surface area contributed by atoms with Crippen LogP contribution in [0.25, 0.3) is 11.1 Å². The van der Waals surface area contributed by atoms with Gasteiger partial charge in [-0.05, 0) is 41.3 Å². The van der Waals surface area contributed by atoms with Crippen molar-refractivity contribution in [3.05, 3.63) is 58.1 Å². The molecule has 2 amide bonds. The van der Waals surface area contributed by atoms with E-state index >= 15 is 0 Å². The summed E-state index contributed by atoms with van der Waals surface area (Å²) in [6, 6.07) is 12.9. The Bertz CT molecular complexity index is 710. The summed E-state index contributed by atoms with van der Waals surface area (Å²) >= 11 is 12.0. The summed E-state index contributed by atoms with van der Waals surface area (Å²) in [7, 11) is 0. The predicted octanol–water partition coefficient (Wildman–Crippen LogP) is 3.18. The van der Waals surface area contributed by atoms with E-state index in [9.17, 15) is 9.59 Å². The van der Waals surface area contributed by atoms with Crippen molar-refractivity contribution < 1.29 is 9.59 Å². The van der Waals surface area contributed by atoms with Gasteiger partial charge in [0.15, 0.2) is 0 Å². The number of hydrogen-bond donors (Lipinski definition) is 2. The highest BCUT2D eigenvalue weighted by Gasteiger charge is 2.18. The van der Waals surface area contributed by atoms with Crippen LogP contribution in [0.15, 0.2) is 42.5 Å².